The first-order valence-corrected chi connectivity index (χ1v) is 5.06. The molecule has 2 heteroatoms. The maximum absolute atomic E-state index is 5.58. The van der Waals surface area contributed by atoms with Crippen molar-refractivity contribution in [2.24, 2.45) is 22.6 Å². The summed E-state index contributed by atoms with van der Waals surface area (Å²) in [6.45, 7) is 4.14. The summed E-state index contributed by atoms with van der Waals surface area (Å²) in [7, 11) is 0. The Labute approximate surface area is 75.3 Å². The van der Waals surface area contributed by atoms with E-state index in [4.69, 9.17) is 5.73 Å². The van der Waals surface area contributed by atoms with Gasteiger partial charge in [-0.3, -0.25) is 4.99 Å². The standard InChI is InChI=1S/C10H20N2/c1-2-9(3-6-11)10-4-7-12-8-5-10/h7,9-10H,2-6,8,11H2,1H3. The molecule has 2 N–H and O–H groups in total. The third-order valence-electron chi connectivity index (χ3n) is 2.89. The molecule has 0 fully saturated rings. The fourth-order valence-electron chi connectivity index (χ4n) is 2.07. The smallest absolute Gasteiger partial charge is 0.0388 e. The van der Waals surface area contributed by atoms with Gasteiger partial charge in [0, 0.05) is 6.54 Å². The zero-order chi connectivity index (χ0) is 8.81. The molecule has 1 rings (SSSR count). The lowest BCUT2D eigenvalue weighted by Gasteiger charge is -2.26. The van der Waals surface area contributed by atoms with Gasteiger partial charge in [0.25, 0.3) is 0 Å². The minimum Gasteiger partial charge on any atom is -0.330 e. The number of hydrogen-bond acceptors (Lipinski definition) is 2. The number of nitrogens with two attached hydrogens (primary N) is 1. The second kappa shape index (κ2) is 5.31. The Morgan fingerprint density at radius 2 is 2.50 bits per heavy atom. The molecule has 0 bridgehead atoms. The third kappa shape index (κ3) is 2.59. The van der Waals surface area contributed by atoms with E-state index in [-0.39, 0.29) is 0 Å². The fourth-order valence-corrected chi connectivity index (χ4v) is 2.07. The van der Waals surface area contributed by atoms with Crippen LogP contribution in [-0.2, 0) is 0 Å². The minimum atomic E-state index is 0.835. The highest BCUT2D eigenvalue weighted by molar-refractivity contribution is 5.58. The quantitative estimate of drug-likeness (QED) is 0.683. The number of rotatable bonds is 4. The van der Waals surface area contributed by atoms with Crippen molar-refractivity contribution in [1.82, 2.24) is 0 Å². The molecule has 0 aliphatic carbocycles. The van der Waals surface area contributed by atoms with Gasteiger partial charge in [0.15, 0.2) is 0 Å². The second-order valence-electron chi connectivity index (χ2n) is 3.62. The van der Waals surface area contributed by atoms with Crippen LogP contribution in [0.25, 0.3) is 0 Å². The van der Waals surface area contributed by atoms with Gasteiger partial charge in [0.05, 0.1) is 0 Å². The first kappa shape index (κ1) is 9.72. The van der Waals surface area contributed by atoms with Crippen LogP contribution in [0.3, 0.4) is 0 Å². The Morgan fingerprint density at radius 1 is 1.67 bits per heavy atom. The molecule has 2 unspecified atom stereocenters. The Balaban J connectivity index is 2.36. The molecule has 1 aliphatic rings. The van der Waals surface area contributed by atoms with Crippen LogP contribution < -0.4 is 5.73 Å². The number of nitrogens with zero attached hydrogens (tertiary/aromatic N) is 1. The largest absolute Gasteiger partial charge is 0.330 e. The molecule has 0 radical (unpaired) electrons. The molecule has 0 spiro atoms. The molecule has 2 nitrogen and oxygen atoms in total. The third-order valence-corrected chi connectivity index (χ3v) is 2.89. The van der Waals surface area contributed by atoms with E-state index in [2.05, 4.69) is 18.1 Å². The molecule has 1 heterocycles. The maximum atomic E-state index is 5.58. The highest BCUT2D eigenvalue weighted by Crippen LogP contribution is 2.26. The molecule has 0 saturated carbocycles. The number of hydrogen-bond donors (Lipinski definition) is 1. The van der Waals surface area contributed by atoms with Crippen molar-refractivity contribution in [2.45, 2.75) is 32.6 Å². The van der Waals surface area contributed by atoms with Crippen LogP contribution in [0, 0.1) is 11.8 Å². The van der Waals surface area contributed by atoms with Crippen LogP contribution in [0.1, 0.15) is 32.6 Å². The summed E-state index contributed by atoms with van der Waals surface area (Å²) in [5, 5.41) is 0. The van der Waals surface area contributed by atoms with E-state index in [0.717, 1.165) is 24.9 Å². The normalized spacial score (nSPS) is 25.7. The Bertz CT molecular complexity index is 143. The van der Waals surface area contributed by atoms with Crippen molar-refractivity contribution in [3.05, 3.63) is 0 Å². The topological polar surface area (TPSA) is 38.4 Å². The molecule has 0 amide bonds. The van der Waals surface area contributed by atoms with Gasteiger partial charge in [-0.1, -0.05) is 13.3 Å². The maximum Gasteiger partial charge on any atom is 0.0388 e. The Kier molecular flexibility index (Phi) is 4.30. The zero-order valence-corrected chi connectivity index (χ0v) is 8.00. The molecule has 12 heavy (non-hydrogen) atoms. The van der Waals surface area contributed by atoms with E-state index in [0.29, 0.717) is 0 Å². The van der Waals surface area contributed by atoms with E-state index >= 15 is 0 Å². The van der Waals surface area contributed by atoms with Crippen LogP contribution in [0.4, 0.5) is 0 Å². The average molecular weight is 168 g/mol. The molecule has 0 saturated heterocycles. The minimum absolute atomic E-state index is 0.835. The Morgan fingerprint density at radius 3 is 3.00 bits per heavy atom. The van der Waals surface area contributed by atoms with Gasteiger partial charge in [-0.2, -0.15) is 0 Å². The van der Waals surface area contributed by atoms with Crippen LogP contribution in [0.15, 0.2) is 4.99 Å². The van der Waals surface area contributed by atoms with E-state index in [1.165, 1.54) is 25.7 Å². The first-order chi connectivity index (χ1) is 5.88. The summed E-state index contributed by atoms with van der Waals surface area (Å²) >= 11 is 0. The molecule has 1 aliphatic heterocycles. The molecular formula is C10H20N2. The summed E-state index contributed by atoms with van der Waals surface area (Å²) < 4.78 is 0. The van der Waals surface area contributed by atoms with Crippen LogP contribution in [0.2, 0.25) is 0 Å². The summed E-state index contributed by atoms with van der Waals surface area (Å²) in [6.07, 6.45) is 7.01. The molecule has 0 aromatic rings. The summed E-state index contributed by atoms with van der Waals surface area (Å²) in [5.74, 6) is 1.69. The average Bonchev–Trinajstić information content (AvgIpc) is 2.15. The van der Waals surface area contributed by atoms with Crippen molar-refractivity contribution < 1.29 is 0 Å². The van der Waals surface area contributed by atoms with Gasteiger partial charge in [-0.15, -0.1) is 0 Å². The van der Waals surface area contributed by atoms with Crippen molar-refractivity contribution in [2.75, 3.05) is 13.1 Å². The number of aliphatic imine (C=N–C) groups is 1. The van der Waals surface area contributed by atoms with E-state index < -0.39 is 0 Å². The van der Waals surface area contributed by atoms with Gasteiger partial charge in [0.1, 0.15) is 0 Å². The molecule has 0 aromatic heterocycles. The highest BCUT2D eigenvalue weighted by Gasteiger charge is 2.19. The predicted octanol–water partition coefficient (Wildman–Crippen LogP) is 1.84. The molecule has 2 atom stereocenters. The van der Waals surface area contributed by atoms with Crippen molar-refractivity contribution in [1.29, 1.82) is 0 Å². The van der Waals surface area contributed by atoms with E-state index in [1.54, 1.807) is 0 Å². The molecule has 70 valence electrons. The first-order valence-electron chi connectivity index (χ1n) is 5.06. The summed E-state index contributed by atoms with van der Waals surface area (Å²) in [6, 6.07) is 0. The second-order valence-corrected chi connectivity index (χ2v) is 3.62. The molecular weight excluding hydrogens is 148 g/mol. The monoisotopic (exact) mass is 168 g/mol. The van der Waals surface area contributed by atoms with Crippen LogP contribution >= 0.6 is 0 Å². The van der Waals surface area contributed by atoms with E-state index in [9.17, 15) is 0 Å². The predicted molar refractivity (Wildman–Crippen MR) is 53.5 cm³/mol. The van der Waals surface area contributed by atoms with Gasteiger partial charge < -0.3 is 5.73 Å². The van der Waals surface area contributed by atoms with Gasteiger partial charge >= 0.3 is 0 Å². The van der Waals surface area contributed by atoms with E-state index in [1.807, 2.05) is 0 Å². The summed E-state index contributed by atoms with van der Waals surface area (Å²) in [4.78, 5) is 4.25. The summed E-state index contributed by atoms with van der Waals surface area (Å²) in [5.41, 5.74) is 5.58. The highest BCUT2D eigenvalue weighted by atomic mass is 14.7. The fraction of sp³-hybridized carbons (Fsp3) is 0.900. The van der Waals surface area contributed by atoms with Gasteiger partial charge in [-0.25, -0.2) is 0 Å². The zero-order valence-electron chi connectivity index (χ0n) is 8.00. The van der Waals surface area contributed by atoms with Crippen molar-refractivity contribution in [3.8, 4) is 0 Å². The van der Waals surface area contributed by atoms with Crippen molar-refractivity contribution >= 4 is 6.21 Å². The van der Waals surface area contributed by atoms with Crippen LogP contribution in [0.5, 0.6) is 0 Å². The lowest BCUT2D eigenvalue weighted by molar-refractivity contribution is 0.296. The lowest BCUT2D eigenvalue weighted by atomic mass is 9.82. The van der Waals surface area contributed by atoms with Gasteiger partial charge in [0.2, 0.25) is 0 Å². The SMILES string of the molecule is CCC(CCN)C1CC=NCC1. The van der Waals surface area contributed by atoms with Crippen molar-refractivity contribution in [3.63, 3.8) is 0 Å². The van der Waals surface area contributed by atoms with Gasteiger partial charge in [-0.05, 0) is 43.9 Å². The Hall–Kier alpha value is -0.370. The molecule has 0 aromatic carbocycles. The lowest BCUT2D eigenvalue weighted by Crippen LogP contribution is -2.21. The van der Waals surface area contributed by atoms with Crippen LogP contribution in [-0.4, -0.2) is 19.3 Å².